The topological polar surface area (TPSA) is 75.0 Å². The quantitative estimate of drug-likeness (QED) is 0.690. The molecule has 0 saturated carbocycles. The van der Waals surface area contributed by atoms with Crippen LogP contribution in [0.2, 0.25) is 0 Å². The van der Waals surface area contributed by atoms with Crippen molar-refractivity contribution >= 4 is 27.6 Å². The predicted octanol–water partition coefficient (Wildman–Crippen LogP) is 2.19. The lowest BCUT2D eigenvalue weighted by atomic mass is 10.1. The Morgan fingerprint density at radius 3 is 2.74 bits per heavy atom. The second kappa shape index (κ2) is 4.28. The van der Waals surface area contributed by atoms with Crippen LogP contribution in [0.1, 0.15) is 17.4 Å². The summed E-state index contributed by atoms with van der Waals surface area (Å²) in [7, 11) is 0. The van der Waals surface area contributed by atoms with Gasteiger partial charge in [0.05, 0.1) is 12.1 Å². The van der Waals surface area contributed by atoms with Crippen molar-refractivity contribution in [3.8, 4) is 0 Å². The molecular weight excluding hydrogens is 244 g/mol. The zero-order valence-corrected chi connectivity index (χ0v) is 10.3. The van der Waals surface area contributed by atoms with E-state index in [0.29, 0.717) is 12.3 Å². The summed E-state index contributed by atoms with van der Waals surface area (Å²) in [5.74, 6) is -0.395. The highest BCUT2D eigenvalue weighted by atomic mass is 16.5. The average molecular weight is 256 g/mol. The Morgan fingerprint density at radius 2 is 1.95 bits per heavy atom. The fourth-order valence-corrected chi connectivity index (χ4v) is 2.21. The summed E-state index contributed by atoms with van der Waals surface area (Å²) in [6.45, 7) is 2.09. The standard InChI is InChI=1S/C14H12N2O3/c1-2-19-14(18)13-11-5-3-8-7-9(17)4-6-10(8)12(11)15-16-13/h3-7,15-16H,2H2,1H3. The van der Waals surface area contributed by atoms with Crippen LogP contribution in [0.3, 0.4) is 0 Å². The van der Waals surface area contributed by atoms with Gasteiger partial charge in [-0.15, -0.1) is 0 Å². The normalized spacial score (nSPS) is 11.0. The number of hydrogen-bond acceptors (Lipinski definition) is 3. The predicted molar refractivity (Wildman–Crippen MR) is 72.4 cm³/mol. The third-order valence-electron chi connectivity index (χ3n) is 3.05. The molecule has 0 aliphatic carbocycles. The number of hydrogen-bond donors (Lipinski definition) is 2. The number of esters is 1. The maximum atomic E-state index is 11.8. The second-order valence-electron chi connectivity index (χ2n) is 4.22. The van der Waals surface area contributed by atoms with E-state index < -0.39 is 5.97 Å². The summed E-state index contributed by atoms with van der Waals surface area (Å²) >= 11 is 0. The third kappa shape index (κ3) is 1.79. The molecule has 0 amide bonds. The molecule has 0 saturated heterocycles. The van der Waals surface area contributed by atoms with Gasteiger partial charge < -0.3 is 4.74 Å². The van der Waals surface area contributed by atoms with Crippen LogP contribution in [0.25, 0.3) is 21.7 Å². The number of fused-ring (bicyclic) bond motifs is 3. The molecule has 0 unspecified atom stereocenters. The molecule has 1 aromatic heterocycles. The van der Waals surface area contributed by atoms with Gasteiger partial charge in [0.1, 0.15) is 5.69 Å². The maximum absolute atomic E-state index is 11.8. The minimum atomic E-state index is -0.395. The molecule has 1 heterocycles. The van der Waals surface area contributed by atoms with E-state index in [0.717, 1.165) is 21.7 Å². The summed E-state index contributed by atoms with van der Waals surface area (Å²) < 4.78 is 4.99. The van der Waals surface area contributed by atoms with Gasteiger partial charge in [-0.2, -0.15) is 0 Å². The molecule has 0 fully saturated rings. The van der Waals surface area contributed by atoms with Gasteiger partial charge in [0, 0.05) is 10.8 Å². The number of ether oxygens (including phenoxy) is 1. The molecular formula is C14H12N2O3. The molecule has 96 valence electrons. The summed E-state index contributed by atoms with van der Waals surface area (Å²) in [5, 5.41) is 8.27. The van der Waals surface area contributed by atoms with Crippen LogP contribution >= 0.6 is 0 Å². The highest BCUT2D eigenvalue weighted by Crippen LogP contribution is 2.25. The fourth-order valence-electron chi connectivity index (χ4n) is 2.21. The largest absolute Gasteiger partial charge is 0.461 e. The highest BCUT2D eigenvalue weighted by molar-refractivity contribution is 6.11. The lowest BCUT2D eigenvalue weighted by Crippen LogP contribution is -2.05. The average Bonchev–Trinajstić information content (AvgIpc) is 2.82. The molecule has 3 rings (SSSR count). The summed E-state index contributed by atoms with van der Waals surface area (Å²) in [6.07, 6.45) is 0. The van der Waals surface area contributed by atoms with Crippen LogP contribution in [-0.2, 0) is 4.74 Å². The molecule has 2 N–H and O–H groups in total. The SMILES string of the molecule is CCOC(=O)c1[nH][nH]c2c1ccc1cc(=O)ccc12. The minimum Gasteiger partial charge on any atom is -0.461 e. The summed E-state index contributed by atoms with van der Waals surface area (Å²) in [5.41, 5.74) is 1.15. The van der Waals surface area contributed by atoms with E-state index in [9.17, 15) is 9.59 Å². The van der Waals surface area contributed by atoms with Crippen molar-refractivity contribution in [3.05, 3.63) is 46.2 Å². The first-order chi connectivity index (χ1) is 9.20. The van der Waals surface area contributed by atoms with Crippen LogP contribution in [0.15, 0.2) is 35.1 Å². The Morgan fingerprint density at radius 1 is 1.16 bits per heavy atom. The van der Waals surface area contributed by atoms with E-state index in [-0.39, 0.29) is 5.43 Å². The zero-order chi connectivity index (χ0) is 13.4. The zero-order valence-electron chi connectivity index (χ0n) is 10.3. The molecule has 2 aromatic carbocycles. The van der Waals surface area contributed by atoms with E-state index in [4.69, 9.17) is 4.74 Å². The van der Waals surface area contributed by atoms with Crippen molar-refractivity contribution in [2.45, 2.75) is 6.92 Å². The maximum Gasteiger partial charge on any atom is 0.356 e. The number of nitrogens with one attached hydrogen (secondary N) is 2. The van der Waals surface area contributed by atoms with E-state index in [1.807, 2.05) is 6.07 Å². The van der Waals surface area contributed by atoms with Crippen molar-refractivity contribution in [1.82, 2.24) is 10.2 Å². The number of carbonyl (C=O) groups is 1. The van der Waals surface area contributed by atoms with Gasteiger partial charge in [-0.3, -0.25) is 15.0 Å². The van der Waals surface area contributed by atoms with Crippen molar-refractivity contribution in [3.63, 3.8) is 0 Å². The van der Waals surface area contributed by atoms with E-state index >= 15 is 0 Å². The molecule has 0 atom stereocenters. The van der Waals surface area contributed by atoms with Crippen molar-refractivity contribution in [1.29, 1.82) is 0 Å². The summed E-state index contributed by atoms with van der Waals surface area (Å²) in [4.78, 5) is 23.1. The van der Waals surface area contributed by atoms with E-state index in [1.165, 1.54) is 6.07 Å². The molecule has 5 heteroatoms. The number of carbonyl (C=O) groups excluding carboxylic acids is 1. The molecule has 3 aromatic rings. The first-order valence-corrected chi connectivity index (χ1v) is 6.01. The number of benzene rings is 2. The van der Waals surface area contributed by atoms with Crippen molar-refractivity contribution in [2.24, 2.45) is 0 Å². The van der Waals surface area contributed by atoms with Crippen LogP contribution < -0.4 is 5.43 Å². The number of aromatic nitrogens is 2. The van der Waals surface area contributed by atoms with Gasteiger partial charge in [-0.25, -0.2) is 4.79 Å². The van der Waals surface area contributed by atoms with Crippen LogP contribution in [0, 0.1) is 0 Å². The third-order valence-corrected chi connectivity index (χ3v) is 3.05. The van der Waals surface area contributed by atoms with Gasteiger partial charge >= 0.3 is 5.97 Å². The van der Waals surface area contributed by atoms with Crippen LogP contribution in [0.5, 0.6) is 0 Å². The van der Waals surface area contributed by atoms with E-state index in [1.54, 1.807) is 25.1 Å². The van der Waals surface area contributed by atoms with Gasteiger partial charge in [-0.1, -0.05) is 6.07 Å². The molecule has 5 nitrogen and oxygen atoms in total. The number of H-pyrrole nitrogens is 2. The fraction of sp³-hybridized carbons (Fsp3) is 0.143. The Balaban J connectivity index is 2.28. The van der Waals surface area contributed by atoms with Crippen molar-refractivity contribution < 1.29 is 9.53 Å². The Bertz CT molecular complexity index is 829. The molecule has 0 radical (unpaired) electrons. The molecule has 19 heavy (non-hydrogen) atoms. The molecule has 0 spiro atoms. The lowest BCUT2D eigenvalue weighted by molar-refractivity contribution is 0.0521. The van der Waals surface area contributed by atoms with Gasteiger partial charge in [-0.05, 0) is 36.6 Å². The lowest BCUT2D eigenvalue weighted by Gasteiger charge is -2.00. The van der Waals surface area contributed by atoms with Gasteiger partial charge in [0.15, 0.2) is 5.43 Å². The number of rotatable bonds is 2. The molecule has 0 aliphatic rings. The van der Waals surface area contributed by atoms with Gasteiger partial charge in [0.25, 0.3) is 0 Å². The monoisotopic (exact) mass is 256 g/mol. The first kappa shape index (κ1) is 11.5. The van der Waals surface area contributed by atoms with Gasteiger partial charge in [0.2, 0.25) is 0 Å². The first-order valence-electron chi connectivity index (χ1n) is 6.01. The van der Waals surface area contributed by atoms with Crippen molar-refractivity contribution in [2.75, 3.05) is 6.61 Å². The Kier molecular flexibility index (Phi) is 2.59. The Labute approximate surface area is 108 Å². The van der Waals surface area contributed by atoms with E-state index in [2.05, 4.69) is 10.2 Å². The van der Waals surface area contributed by atoms with Crippen LogP contribution in [0.4, 0.5) is 0 Å². The molecule has 0 aliphatic heterocycles. The second-order valence-corrected chi connectivity index (χ2v) is 4.22. The molecule has 0 bridgehead atoms. The number of aromatic amines is 2. The highest BCUT2D eigenvalue weighted by Gasteiger charge is 2.14. The summed E-state index contributed by atoms with van der Waals surface area (Å²) in [6, 6.07) is 8.45. The Hall–Kier alpha value is -2.56. The smallest absolute Gasteiger partial charge is 0.356 e. The minimum absolute atomic E-state index is 0.0343. The van der Waals surface area contributed by atoms with Crippen LogP contribution in [-0.4, -0.2) is 22.8 Å².